The van der Waals surface area contributed by atoms with Crippen molar-refractivity contribution in [3.63, 3.8) is 0 Å². The van der Waals surface area contributed by atoms with Gasteiger partial charge in [0.15, 0.2) is 0 Å². The minimum absolute atomic E-state index is 0. The van der Waals surface area contributed by atoms with Crippen molar-refractivity contribution in [3.8, 4) is 0 Å². The Morgan fingerprint density at radius 3 is 2.68 bits per heavy atom. The van der Waals surface area contributed by atoms with Gasteiger partial charge in [-0.05, 0) is 60.8 Å². The van der Waals surface area contributed by atoms with Crippen molar-refractivity contribution in [2.45, 2.75) is 25.8 Å². The minimum atomic E-state index is 0. The van der Waals surface area contributed by atoms with Crippen LogP contribution in [0.25, 0.3) is 0 Å². The standard InChI is InChI=1S/C21H25N3O2S.ClH/c1-24(20(26)18-7-4-12-27-18)14-15-5-2-3-6-17(15)23-19(25)16-13-21(16)8-10-22-11-9-21;/h2-7,12,16,22H,8-11,13-14H2,1H3,(H,23,25);1H. The van der Waals surface area contributed by atoms with E-state index in [1.807, 2.05) is 41.8 Å². The predicted molar refractivity (Wildman–Crippen MR) is 115 cm³/mol. The molecule has 1 unspecified atom stereocenters. The van der Waals surface area contributed by atoms with Gasteiger partial charge in [-0.2, -0.15) is 0 Å². The predicted octanol–water partition coefficient (Wildman–Crippen LogP) is 3.77. The van der Waals surface area contributed by atoms with Crippen molar-refractivity contribution in [2.24, 2.45) is 11.3 Å². The van der Waals surface area contributed by atoms with Crippen LogP contribution in [0, 0.1) is 11.3 Å². The molecule has 2 amide bonds. The van der Waals surface area contributed by atoms with E-state index in [1.165, 1.54) is 11.3 Å². The molecule has 2 fully saturated rings. The van der Waals surface area contributed by atoms with Crippen LogP contribution in [0.5, 0.6) is 0 Å². The molecular formula is C21H26ClN3O2S. The number of anilines is 1. The van der Waals surface area contributed by atoms with Crippen molar-refractivity contribution in [1.82, 2.24) is 10.2 Å². The lowest BCUT2D eigenvalue weighted by Gasteiger charge is -2.23. The molecule has 2 aromatic rings. The van der Waals surface area contributed by atoms with Crippen LogP contribution in [-0.4, -0.2) is 36.9 Å². The molecule has 1 aromatic heterocycles. The third kappa shape index (κ3) is 4.24. The van der Waals surface area contributed by atoms with Gasteiger partial charge in [0.1, 0.15) is 0 Å². The van der Waals surface area contributed by atoms with Gasteiger partial charge < -0.3 is 15.5 Å². The maximum absolute atomic E-state index is 12.8. The monoisotopic (exact) mass is 419 g/mol. The number of carbonyl (C=O) groups is 2. The maximum atomic E-state index is 12.8. The molecule has 5 nitrogen and oxygen atoms in total. The van der Waals surface area contributed by atoms with E-state index in [2.05, 4.69) is 10.6 Å². The fourth-order valence-corrected chi connectivity index (χ4v) is 4.83. The van der Waals surface area contributed by atoms with E-state index in [1.54, 1.807) is 11.9 Å². The SMILES string of the molecule is CN(Cc1ccccc1NC(=O)C1CC12CCNCC2)C(=O)c1cccs1.Cl. The molecule has 2 aliphatic rings. The summed E-state index contributed by atoms with van der Waals surface area (Å²) in [6.07, 6.45) is 3.18. The number of nitrogens with one attached hydrogen (secondary N) is 2. The second-order valence-electron chi connectivity index (χ2n) is 7.65. The number of halogens is 1. The zero-order valence-electron chi connectivity index (χ0n) is 15.9. The molecule has 1 saturated carbocycles. The molecule has 1 spiro atoms. The Hall–Kier alpha value is -1.89. The zero-order chi connectivity index (χ0) is 18.9. The van der Waals surface area contributed by atoms with Crippen LogP contribution in [0.4, 0.5) is 5.69 Å². The van der Waals surface area contributed by atoms with E-state index in [0.29, 0.717) is 6.54 Å². The molecule has 1 aromatic carbocycles. The van der Waals surface area contributed by atoms with E-state index in [-0.39, 0.29) is 35.6 Å². The summed E-state index contributed by atoms with van der Waals surface area (Å²) in [5.74, 6) is 0.247. The molecule has 4 rings (SSSR count). The van der Waals surface area contributed by atoms with Crippen LogP contribution in [0.2, 0.25) is 0 Å². The Balaban J connectivity index is 0.00000225. The van der Waals surface area contributed by atoms with Crippen LogP contribution in [0.3, 0.4) is 0 Å². The van der Waals surface area contributed by atoms with E-state index in [0.717, 1.165) is 48.5 Å². The first-order valence-corrected chi connectivity index (χ1v) is 10.4. The molecular weight excluding hydrogens is 394 g/mol. The fourth-order valence-electron chi connectivity index (χ4n) is 4.11. The largest absolute Gasteiger partial charge is 0.337 e. The number of para-hydroxylation sites is 1. The van der Waals surface area contributed by atoms with E-state index in [9.17, 15) is 9.59 Å². The average Bonchev–Trinajstić information content (AvgIpc) is 3.11. The summed E-state index contributed by atoms with van der Waals surface area (Å²) in [4.78, 5) is 27.7. The quantitative estimate of drug-likeness (QED) is 0.775. The molecule has 28 heavy (non-hydrogen) atoms. The van der Waals surface area contributed by atoms with Crippen molar-refractivity contribution < 1.29 is 9.59 Å². The summed E-state index contributed by atoms with van der Waals surface area (Å²) >= 11 is 1.44. The van der Waals surface area contributed by atoms with Gasteiger partial charge in [0, 0.05) is 25.2 Å². The summed E-state index contributed by atoms with van der Waals surface area (Å²) in [6.45, 7) is 2.49. The first-order chi connectivity index (χ1) is 13.1. The van der Waals surface area contributed by atoms with Crippen LogP contribution in [0.15, 0.2) is 41.8 Å². The number of nitrogens with zero attached hydrogens (tertiary/aromatic N) is 1. The normalized spacial score (nSPS) is 19.5. The number of rotatable bonds is 5. The molecule has 1 aliphatic carbocycles. The Kier molecular flexibility index (Phi) is 6.43. The van der Waals surface area contributed by atoms with E-state index in [4.69, 9.17) is 0 Å². The second kappa shape index (κ2) is 8.64. The number of carbonyl (C=O) groups excluding carboxylic acids is 2. The molecule has 1 aliphatic heterocycles. The number of amides is 2. The molecule has 1 saturated heterocycles. The molecule has 7 heteroatoms. The Labute approximate surface area is 175 Å². The minimum Gasteiger partial charge on any atom is -0.337 e. The number of benzene rings is 1. The Morgan fingerprint density at radius 1 is 1.21 bits per heavy atom. The maximum Gasteiger partial charge on any atom is 0.263 e. The van der Waals surface area contributed by atoms with Gasteiger partial charge in [-0.15, -0.1) is 23.7 Å². The van der Waals surface area contributed by atoms with Gasteiger partial charge in [0.25, 0.3) is 5.91 Å². The summed E-state index contributed by atoms with van der Waals surface area (Å²) in [6, 6.07) is 11.5. The lowest BCUT2D eigenvalue weighted by atomic mass is 9.91. The van der Waals surface area contributed by atoms with E-state index < -0.39 is 0 Å². The molecule has 2 N–H and O–H groups in total. The molecule has 0 bridgehead atoms. The Morgan fingerprint density at radius 2 is 1.96 bits per heavy atom. The third-order valence-corrected chi connectivity index (χ3v) is 6.72. The fraction of sp³-hybridized carbons (Fsp3) is 0.429. The lowest BCUT2D eigenvalue weighted by molar-refractivity contribution is -0.118. The summed E-state index contributed by atoms with van der Waals surface area (Å²) in [5, 5.41) is 8.41. The highest BCUT2D eigenvalue weighted by Gasteiger charge is 2.57. The summed E-state index contributed by atoms with van der Waals surface area (Å²) < 4.78 is 0. The summed E-state index contributed by atoms with van der Waals surface area (Å²) in [7, 11) is 1.80. The van der Waals surface area contributed by atoms with Crippen molar-refractivity contribution >= 4 is 41.2 Å². The number of hydrogen-bond acceptors (Lipinski definition) is 4. The van der Waals surface area contributed by atoms with Crippen LogP contribution in [-0.2, 0) is 11.3 Å². The van der Waals surface area contributed by atoms with Gasteiger partial charge in [-0.25, -0.2) is 0 Å². The highest BCUT2D eigenvalue weighted by Crippen LogP contribution is 2.58. The van der Waals surface area contributed by atoms with Gasteiger partial charge >= 0.3 is 0 Å². The van der Waals surface area contributed by atoms with E-state index >= 15 is 0 Å². The van der Waals surface area contributed by atoms with Crippen molar-refractivity contribution in [1.29, 1.82) is 0 Å². The van der Waals surface area contributed by atoms with Crippen molar-refractivity contribution in [3.05, 3.63) is 52.2 Å². The third-order valence-electron chi connectivity index (χ3n) is 5.87. The second-order valence-corrected chi connectivity index (χ2v) is 8.60. The Bertz CT molecular complexity index is 834. The van der Waals surface area contributed by atoms with Gasteiger partial charge in [0.2, 0.25) is 5.91 Å². The molecule has 2 heterocycles. The van der Waals surface area contributed by atoms with Crippen LogP contribution < -0.4 is 10.6 Å². The topological polar surface area (TPSA) is 61.4 Å². The number of piperidine rings is 1. The highest BCUT2D eigenvalue weighted by molar-refractivity contribution is 7.12. The van der Waals surface area contributed by atoms with Crippen LogP contribution >= 0.6 is 23.7 Å². The van der Waals surface area contributed by atoms with Gasteiger partial charge in [0.05, 0.1) is 4.88 Å². The number of hydrogen-bond donors (Lipinski definition) is 2. The number of thiophene rings is 1. The summed E-state index contributed by atoms with van der Waals surface area (Å²) in [5.41, 5.74) is 1.98. The molecule has 0 radical (unpaired) electrons. The molecule has 1 atom stereocenters. The van der Waals surface area contributed by atoms with Gasteiger partial charge in [-0.3, -0.25) is 9.59 Å². The first-order valence-electron chi connectivity index (χ1n) is 9.47. The smallest absolute Gasteiger partial charge is 0.263 e. The lowest BCUT2D eigenvalue weighted by Crippen LogP contribution is -2.32. The zero-order valence-corrected chi connectivity index (χ0v) is 17.6. The van der Waals surface area contributed by atoms with Crippen molar-refractivity contribution in [2.75, 3.05) is 25.5 Å². The molecule has 150 valence electrons. The highest BCUT2D eigenvalue weighted by atomic mass is 35.5. The first kappa shape index (κ1) is 20.8. The van der Waals surface area contributed by atoms with Gasteiger partial charge in [-0.1, -0.05) is 24.3 Å². The van der Waals surface area contributed by atoms with Crippen LogP contribution in [0.1, 0.15) is 34.5 Å². The average molecular weight is 420 g/mol.